The highest BCUT2D eigenvalue weighted by molar-refractivity contribution is 5.88. The summed E-state index contributed by atoms with van der Waals surface area (Å²) in [4.78, 5) is 15.2. The molecule has 19 heavy (non-hydrogen) atoms. The summed E-state index contributed by atoms with van der Waals surface area (Å²) >= 11 is 0. The number of nitrogens with zero attached hydrogens (tertiary/aromatic N) is 1. The van der Waals surface area contributed by atoms with Crippen molar-refractivity contribution in [1.29, 1.82) is 0 Å². The zero-order chi connectivity index (χ0) is 13.7. The van der Waals surface area contributed by atoms with Gasteiger partial charge in [0, 0.05) is 13.0 Å². The zero-order valence-electron chi connectivity index (χ0n) is 12.6. The molecule has 1 atom stereocenters. The lowest BCUT2D eigenvalue weighted by Gasteiger charge is -2.39. The third-order valence-electron chi connectivity index (χ3n) is 5.04. The predicted octanol–water partition coefficient (Wildman–Crippen LogP) is 3.17. The van der Waals surface area contributed by atoms with E-state index < -0.39 is 0 Å². The average Bonchev–Trinajstić information content (AvgIpc) is 3.09. The second kappa shape index (κ2) is 6.85. The van der Waals surface area contributed by atoms with Crippen LogP contribution in [0.3, 0.4) is 0 Å². The number of carbonyl (C=O) groups excluding carboxylic acids is 1. The van der Waals surface area contributed by atoms with Crippen LogP contribution in [0.4, 0.5) is 0 Å². The molecule has 1 saturated carbocycles. The quantitative estimate of drug-likeness (QED) is 0.709. The van der Waals surface area contributed by atoms with Crippen molar-refractivity contribution in [2.75, 3.05) is 19.7 Å². The summed E-state index contributed by atoms with van der Waals surface area (Å²) in [7, 11) is 0. The highest BCUT2D eigenvalue weighted by Crippen LogP contribution is 2.37. The smallest absolute Gasteiger partial charge is 0.153 e. The van der Waals surface area contributed by atoms with Crippen LogP contribution in [0, 0.1) is 0 Å². The molecule has 1 unspecified atom stereocenters. The number of carbonyl (C=O) groups is 1. The van der Waals surface area contributed by atoms with E-state index in [2.05, 4.69) is 18.7 Å². The normalized spacial score (nSPS) is 26.2. The number of hydrogen-bond donors (Lipinski definition) is 0. The van der Waals surface area contributed by atoms with Crippen LogP contribution in [-0.2, 0) is 9.53 Å². The Balaban J connectivity index is 1.95. The van der Waals surface area contributed by atoms with E-state index in [0.717, 1.165) is 45.4 Å². The van der Waals surface area contributed by atoms with Crippen molar-refractivity contribution in [1.82, 2.24) is 4.90 Å². The number of Topliss-reactive ketones (excluding diaryl/α,β-unsaturated/α-hetero) is 1. The molecule has 0 amide bonds. The fourth-order valence-corrected chi connectivity index (χ4v) is 3.96. The molecule has 3 nitrogen and oxygen atoms in total. The van der Waals surface area contributed by atoms with Gasteiger partial charge in [0.25, 0.3) is 0 Å². The van der Waals surface area contributed by atoms with Crippen LogP contribution in [-0.4, -0.2) is 42.0 Å². The summed E-state index contributed by atoms with van der Waals surface area (Å²) in [5, 5.41) is 0. The van der Waals surface area contributed by atoms with Crippen molar-refractivity contribution in [3.05, 3.63) is 0 Å². The third kappa shape index (κ3) is 3.19. The van der Waals surface area contributed by atoms with E-state index in [1.165, 1.54) is 19.3 Å². The van der Waals surface area contributed by atoms with Gasteiger partial charge in [-0.3, -0.25) is 9.69 Å². The summed E-state index contributed by atoms with van der Waals surface area (Å²) in [6, 6.07) is 0. The Hall–Kier alpha value is -0.410. The van der Waals surface area contributed by atoms with E-state index in [0.29, 0.717) is 18.3 Å². The molecule has 0 aromatic carbocycles. The summed E-state index contributed by atoms with van der Waals surface area (Å²) in [5.41, 5.74) is -0.137. The molecular weight excluding hydrogens is 238 g/mol. The number of likely N-dealkylation sites (N-methyl/N-ethyl adjacent to an activating group) is 1. The van der Waals surface area contributed by atoms with Gasteiger partial charge in [-0.2, -0.15) is 0 Å². The van der Waals surface area contributed by atoms with Crippen LogP contribution in [0.15, 0.2) is 0 Å². The van der Waals surface area contributed by atoms with Crippen molar-refractivity contribution >= 4 is 5.78 Å². The molecule has 0 radical (unpaired) electrons. The molecule has 2 fully saturated rings. The molecule has 1 heterocycles. The molecule has 0 spiro atoms. The van der Waals surface area contributed by atoms with Crippen molar-refractivity contribution in [2.45, 2.75) is 76.9 Å². The van der Waals surface area contributed by atoms with Crippen molar-refractivity contribution in [2.24, 2.45) is 0 Å². The van der Waals surface area contributed by atoms with Crippen molar-refractivity contribution in [3.8, 4) is 0 Å². The maximum Gasteiger partial charge on any atom is 0.153 e. The van der Waals surface area contributed by atoms with Crippen LogP contribution in [0.25, 0.3) is 0 Å². The van der Waals surface area contributed by atoms with Crippen molar-refractivity contribution < 1.29 is 9.53 Å². The Morgan fingerprint density at radius 3 is 2.42 bits per heavy atom. The fraction of sp³-hybridized carbons (Fsp3) is 0.938. The SMILES string of the molecule is CCN(CC)C1(C(=O)CCC2CCCO2)CCCC1. The molecule has 1 saturated heterocycles. The standard InChI is InChI=1S/C16H29NO2/c1-3-17(4-2)16(11-5-6-12-16)15(18)10-9-14-8-7-13-19-14/h14H,3-13H2,1-2H3. The summed E-state index contributed by atoms with van der Waals surface area (Å²) in [6.45, 7) is 7.22. The van der Waals surface area contributed by atoms with E-state index in [-0.39, 0.29) is 5.54 Å². The molecule has 1 aliphatic heterocycles. The molecule has 0 N–H and O–H groups in total. The molecule has 0 aromatic heterocycles. The molecule has 3 heteroatoms. The van der Waals surface area contributed by atoms with E-state index in [1.807, 2.05) is 0 Å². The van der Waals surface area contributed by atoms with Gasteiger partial charge < -0.3 is 4.74 Å². The number of ketones is 1. The minimum absolute atomic E-state index is 0.137. The minimum atomic E-state index is -0.137. The highest BCUT2D eigenvalue weighted by Gasteiger charge is 2.44. The van der Waals surface area contributed by atoms with Crippen LogP contribution in [0.5, 0.6) is 0 Å². The lowest BCUT2D eigenvalue weighted by atomic mass is 9.86. The van der Waals surface area contributed by atoms with Gasteiger partial charge in [-0.25, -0.2) is 0 Å². The minimum Gasteiger partial charge on any atom is -0.378 e. The van der Waals surface area contributed by atoms with E-state index in [1.54, 1.807) is 0 Å². The molecule has 2 rings (SSSR count). The first-order valence-corrected chi connectivity index (χ1v) is 8.13. The van der Waals surface area contributed by atoms with Crippen LogP contribution in [0.2, 0.25) is 0 Å². The monoisotopic (exact) mass is 267 g/mol. The molecule has 1 aliphatic carbocycles. The van der Waals surface area contributed by atoms with Crippen LogP contribution >= 0.6 is 0 Å². The predicted molar refractivity (Wildman–Crippen MR) is 77.3 cm³/mol. The second-order valence-electron chi connectivity index (χ2n) is 6.01. The second-order valence-corrected chi connectivity index (χ2v) is 6.01. The van der Waals surface area contributed by atoms with Gasteiger partial charge in [0.1, 0.15) is 0 Å². The van der Waals surface area contributed by atoms with Gasteiger partial charge in [-0.05, 0) is 45.2 Å². The average molecular weight is 267 g/mol. The topological polar surface area (TPSA) is 29.5 Å². The molecule has 2 aliphatic rings. The summed E-state index contributed by atoms with van der Waals surface area (Å²) in [6.07, 6.45) is 8.86. The van der Waals surface area contributed by atoms with Crippen molar-refractivity contribution in [3.63, 3.8) is 0 Å². The maximum absolute atomic E-state index is 12.8. The maximum atomic E-state index is 12.8. The van der Waals surface area contributed by atoms with Gasteiger partial charge in [-0.1, -0.05) is 26.7 Å². The molecule has 110 valence electrons. The molecule has 0 aromatic rings. The fourth-order valence-electron chi connectivity index (χ4n) is 3.96. The summed E-state index contributed by atoms with van der Waals surface area (Å²) < 4.78 is 5.65. The number of hydrogen-bond acceptors (Lipinski definition) is 3. The van der Waals surface area contributed by atoms with Crippen LogP contribution in [0.1, 0.15) is 65.2 Å². The van der Waals surface area contributed by atoms with Gasteiger partial charge in [-0.15, -0.1) is 0 Å². The Bertz CT molecular complexity index is 287. The largest absolute Gasteiger partial charge is 0.378 e. The lowest BCUT2D eigenvalue weighted by molar-refractivity contribution is -0.131. The lowest BCUT2D eigenvalue weighted by Crippen LogP contribution is -2.52. The van der Waals surface area contributed by atoms with Gasteiger partial charge in [0.05, 0.1) is 11.6 Å². The Kier molecular flexibility index (Phi) is 5.40. The molecule has 0 bridgehead atoms. The van der Waals surface area contributed by atoms with E-state index >= 15 is 0 Å². The van der Waals surface area contributed by atoms with Crippen LogP contribution < -0.4 is 0 Å². The first kappa shape index (κ1) is 15.0. The highest BCUT2D eigenvalue weighted by atomic mass is 16.5. The van der Waals surface area contributed by atoms with E-state index in [9.17, 15) is 4.79 Å². The Morgan fingerprint density at radius 1 is 1.21 bits per heavy atom. The Morgan fingerprint density at radius 2 is 1.89 bits per heavy atom. The van der Waals surface area contributed by atoms with Gasteiger partial charge in [0.15, 0.2) is 5.78 Å². The summed E-state index contributed by atoms with van der Waals surface area (Å²) in [5.74, 6) is 0.476. The number of rotatable bonds is 7. The van der Waals surface area contributed by atoms with E-state index in [4.69, 9.17) is 4.74 Å². The molecular formula is C16H29NO2. The first-order chi connectivity index (χ1) is 9.23. The zero-order valence-corrected chi connectivity index (χ0v) is 12.6. The Labute approximate surface area is 117 Å². The first-order valence-electron chi connectivity index (χ1n) is 8.13. The van der Waals surface area contributed by atoms with Gasteiger partial charge in [0.2, 0.25) is 0 Å². The third-order valence-corrected chi connectivity index (χ3v) is 5.04. The number of ether oxygens (including phenoxy) is 1. The van der Waals surface area contributed by atoms with Gasteiger partial charge >= 0.3 is 0 Å².